The van der Waals surface area contributed by atoms with Crippen LogP contribution in [0.1, 0.15) is 50.2 Å². The highest BCUT2D eigenvalue weighted by molar-refractivity contribution is 5.50. The van der Waals surface area contributed by atoms with E-state index in [-0.39, 0.29) is 0 Å². The van der Waals surface area contributed by atoms with Crippen molar-refractivity contribution in [3.05, 3.63) is 23.3 Å². The maximum Gasteiger partial charge on any atom is 0.126 e. The second-order valence-corrected chi connectivity index (χ2v) is 6.82. The molecule has 1 heterocycles. The van der Waals surface area contributed by atoms with Crippen molar-refractivity contribution in [3.8, 4) is 11.5 Å². The summed E-state index contributed by atoms with van der Waals surface area (Å²) in [5.74, 6) is 3.23. The highest BCUT2D eigenvalue weighted by atomic mass is 16.5. The van der Waals surface area contributed by atoms with Crippen molar-refractivity contribution in [2.75, 3.05) is 27.3 Å². The Morgan fingerprint density at radius 1 is 1.23 bits per heavy atom. The van der Waals surface area contributed by atoms with Gasteiger partial charge in [0.2, 0.25) is 0 Å². The molecule has 0 radical (unpaired) electrons. The van der Waals surface area contributed by atoms with Crippen molar-refractivity contribution in [1.82, 2.24) is 4.90 Å². The van der Waals surface area contributed by atoms with Crippen LogP contribution in [-0.2, 0) is 6.42 Å². The first-order chi connectivity index (χ1) is 10.7. The third-order valence-electron chi connectivity index (χ3n) is 5.54. The number of piperidine rings is 1. The van der Waals surface area contributed by atoms with E-state index in [9.17, 15) is 0 Å². The molecule has 0 saturated carbocycles. The number of rotatable bonds is 4. The van der Waals surface area contributed by atoms with Crippen molar-refractivity contribution >= 4 is 0 Å². The minimum absolute atomic E-state index is 0.529. The summed E-state index contributed by atoms with van der Waals surface area (Å²) in [6.45, 7) is 7.15. The van der Waals surface area contributed by atoms with Crippen LogP contribution in [0.5, 0.6) is 11.5 Å². The van der Waals surface area contributed by atoms with E-state index < -0.39 is 0 Å². The van der Waals surface area contributed by atoms with Crippen LogP contribution >= 0.6 is 0 Å². The summed E-state index contributed by atoms with van der Waals surface area (Å²) in [6.07, 6.45) is 5.10. The lowest BCUT2D eigenvalue weighted by atomic mass is 9.69. The van der Waals surface area contributed by atoms with Gasteiger partial charge in [-0.3, -0.25) is 4.90 Å². The number of hydrogen-bond donors (Lipinski definition) is 0. The molecule has 1 aliphatic heterocycles. The maximum atomic E-state index is 5.70. The first-order valence-corrected chi connectivity index (χ1v) is 8.68. The van der Waals surface area contributed by atoms with E-state index in [0.717, 1.165) is 23.8 Å². The standard InChI is InChI=1S/C19H29NO2/c1-5-8-20-9-6-7-14-10-15-11-16(21-3)12-17(22-4)18(15)13(2)19(14)20/h11-14,19H,5-10H2,1-4H3. The number of benzene rings is 1. The van der Waals surface area contributed by atoms with Gasteiger partial charge in [0.15, 0.2) is 0 Å². The number of fused-ring (bicyclic) bond motifs is 2. The fourth-order valence-electron chi connectivity index (χ4n) is 4.75. The summed E-state index contributed by atoms with van der Waals surface area (Å²) >= 11 is 0. The average molecular weight is 303 g/mol. The lowest BCUT2D eigenvalue weighted by Gasteiger charge is -2.48. The first kappa shape index (κ1) is 15.7. The van der Waals surface area contributed by atoms with Gasteiger partial charge < -0.3 is 9.47 Å². The fraction of sp³-hybridized carbons (Fsp3) is 0.684. The van der Waals surface area contributed by atoms with E-state index in [2.05, 4.69) is 24.8 Å². The molecular formula is C19H29NO2. The second-order valence-electron chi connectivity index (χ2n) is 6.82. The molecule has 2 aliphatic rings. The van der Waals surface area contributed by atoms with Crippen molar-refractivity contribution in [3.63, 3.8) is 0 Å². The van der Waals surface area contributed by atoms with E-state index in [4.69, 9.17) is 9.47 Å². The van der Waals surface area contributed by atoms with Gasteiger partial charge in [0, 0.05) is 23.6 Å². The smallest absolute Gasteiger partial charge is 0.126 e. The van der Waals surface area contributed by atoms with Gasteiger partial charge in [-0.1, -0.05) is 13.8 Å². The molecule has 0 N–H and O–H groups in total. The van der Waals surface area contributed by atoms with Crippen molar-refractivity contribution in [2.45, 2.75) is 51.5 Å². The van der Waals surface area contributed by atoms with Crippen molar-refractivity contribution < 1.29 is 9.47 Å². The number of ether oxygens (including phenoxy) is 2. The van der Waals surface area contributed by atoms with Gasteiger partial charge in [-0.25, -0.2) is 0 Å². The normalized spacial score (nSPS) is 27.9. The summed E-state index contributed by atoms with van der Waals surface area (Å²) in [5, 5.41) is 0. The van der Waals surface area contributed by atoms with E-state index >= 15 is 0 Å². The lowest BCUT2D eigenvalue weighted by Crippen LogP contribution is -2.51. The molecule has 122 valence electrons. The summed E-state index contributed by atoms with van der Waals surface area (Å²) in [5.41, 5.74) is 2.84. The third kappa shape index (κ3) is 2.60. The highest BCUT2D eigenvalue weighted by Crippen LogP contribution is 2.46. The van der Waals surface area contributed by atoms with Crippen molar-refractivity contribution in [1.29, 1.82) is 0 Å². The predicted molar refractivity (Wildman–Crippen MR) is 90.0 cm³/mol. The molecule has 1 saturated heterocycles. The highest BCUT2D eigenvalue weighted by Gasteiger charge is 2.41. The molecule has 1 aromatic rings. The molecule has 3 heteroatoms. The molecule has 0 bridgehead atoms. The molecule has 3 nitrogen and oxygen atoms in total. The second kappa shape index (κ2) is 6.49. The van der Waals surface area contributed by atoms with Gasteiger partial charge in [-0.05, 0) is 56.3 Å². The Bertz CT molecular complexity index is 526. The minimum Gasteiger partial charge on any atom is -0.497 e. The van der Waals surface area contributed by atoms with Gasteiger partial charge in [0.1, 0.15) is 11.5 Å². The Kier molecular flexibility index (Phi) is 4.62. The van der Waals surface area contributed by atoms with Crippen LogP contribution in [0.15, 0.2) is 12.1 Å². The molecule has 0 aromatic heterocycles. The van der Waals surface area contributed by atoms with Crippen LogP contribution < -0.4 is 9.47 Å². The van der Waals surface area contributed by atoms with Gasteiger partial charge in [0.05, 0.1) is 14.2 Å². The van der Waals surface area contributed by atoms with Crippen LogP contribution in [0.25, 0.3) is 0 Å². The summed E-state index contributed by atoms with van der Waals surface area (Å²) in [7, 11) is 3.51. The van der Waals surface area contributed by atoms with Gasteiger partial charge >= 0.3 is 0 Å². The largest absolute Gasteiger partial charge is 0.497 e. The van der Waals surface area contributed by atoms with Crippen LogP contribution in [0.2, 0.25) is 0 Å². The number of likely N-dealkylation sites (tertiary alicyclic amines) is 1. The SMILES string of the molecule is CCCN1CCCC2Cc3cc(OC)cc(OC)c3C(C)C21. The molecule has 0 amide bonds. The summed E-state index contributed by atoms with van der Waals surface area (Å²) in [4.78, 5) is 2.73. The van der Waals surface area contributed by atoms with Crippen LogP contribution in [0, 0.1) is 5.92 Å². The maximum absolute atomic E-state index is 5.70. The Labute approximate surface area is 134 Å². The fourth-order valence-corrected chi connectivity index (χ4v) is 4.75. The topological polar surface area (TPSA) is 21.7 Å². The molecule has 22 heavy (non-hydrogen) atoms. The zero-order valence-electron chi connectivity index (χ0n) is 14.4. The molecule has 3 rings (SSSR count). The first-order valence-electron chi connectivity index (χ1n) is 8.68. The molecule has 1 fully saturated rings. The Morgan fingerprint density at radius 2 is 2.05 bits per heavy atom. The van der Waals surface area contributed by atoms with Gasteiger partial charge in [-0.15, -0.1) is 0 Å². The Morgan fingerprint density at radius 3 is 2.73 bits per heavy atom. The zero-order valence-corrected chi connectivity index (χ0v) is 14.4. The van der Waals surface area contributed by atoms with Crippen LogP contribution in [0.3, 0.4) is 0 Å². The van der Waals surface area contributed by atoms with Gasteiger partial charge in [0.25, 0.3) is 0 Å². The molecule has 3 unspecified atom stereocenters. The number of methoxy groups -OCH3 is 2. The van der Waals surface area contributed by atoms with E-state index in [1.54, 1.807) is 14.2 Å². The monoisotopic (exact) mass is 303 g/mol. The zero-order chi connectivity index (χ0) is 15.7. The van der Waals surface area contributed by atoms with Crippen LogP contribution in [-0.4, -0.2) is 38.3 Å². The molecule has 1 aliphatic carbocycles. The average Bonchev–Trinajstić information content (AvgIpc) is 2.54. The molecular weight excluding hydrogens is 274 g/mol. The summed E-state index contributed by atoms with van der Waals surface area (Å²) in [6, 6.07) is 4.94. The molecule has 1 aromatic carbocycles. The predicted octanol–water partition coefficient (Wildman–Crippen LogP) is 3.85. The Balaban J connectivity index is 2.01. The number of hydrogen-bond acceptors (Lipinski definition) is 3. The summed E-state index contributed by atoms with van der Waals surface area (Å²) < 4.78 is 11.2. The minimum atomic E-state index is 0.529. The quantitative estimate of drug-likeness (QED) is 0.843. The Hall–Kier alpha value is -1.22. The van der Waals surface area contributed by atoms with E-state index in [1.807, 2.05) is 6.07 Å². The van der Waals surface area contributed by atoms with Gasteiger partial charge in [-0.2, -0.15) is 0 Å². The number of nitrogens with zero attached hydrogens (tertiary/aromatic N) is 1. The lowest BCUT2D eigenvalue weighted by molar-refractivity contribution is 0.0672. The van der Waals surface area contributed by atoms with E-state index in [0.29, 0.717) is 12.0 Å². The molecule has 3 atom stereocenters. The van der Waals surface area contributed by atoms with Crippen molar-refractivity contribution in [2.24, 2.45) is 5.92 Å². The van der Waals surface area contributed by atoms with E-state index in [1.165, 1.54) is 43.5 Å². The molecule has 0 spiro atoms. The van der Waals surface area contributed by atoms with Crippen LogP contribution in [0.4, 0.5) is 0 Å². The third-order valence-corrected chi connectivity index (χ3v) is 5.54.